The van der Waals surface area contributed by atoms with Gasteiger partial charge >= 0.3 is 0 Å². The van der Waals surface area contributed by atoms with Crippen LogP contribution < -0.4 is 0 Å². The minimum atomic E-state index is 0.0188. The van der Waals surface area contributed by atoms with Crippen molar-refractivity contribution in [2.45, 2.75) is 18.9 Å². The Morgan fingerprint density at radius 2 is 2.00 bits per heavy atom. The number of carbonyl (C=O) groups excluding carboxylic acids is 1. The summed E-state index contributed by atoms with van der Waals surface area (Å²) in [6.45, 7) is 1.97. The maximum absolute atomic E-state index is 12.3. The number of benzene rings is 1. The molecule has 20 heavy (non-hydrogen) atoms. The molecule has 2 rings (SSSR count). The molecule has 106 valence electrons. The highest BCUT2D eigenvalue weighted by Crippen LogP contribution is 2.16. The maximum atomic E-state index is 12.3. The van der Waals surface area contributed by atoms with Crippen molar-refractivity contribution < 1.29 is 9.53 Å². The van der Waals surface area contributed by atoms with Crippen LogP contribution in [0.25, 0.3) is 0 Å². The molecule has 0 aromatic heterocycles. The summed E-state index contributed by atoms with van der Waals surface area (Å²) < 4.78 is 5.59. The van der Waals surface area contributed by atoms with E-state index >= 15 is 0 Å². The molecule has 0 bridgehead atoms. The van der Waals surface area contributed by atoms with Gasteiger partial charge in [0.2, 0.25) is 0 Å². The summed E-state index contributed by atoms with van der Waals surface area (Å²) in [7, 11) is 0. The van der Waals surface area contributed by atoms with Crippen molar-refractivity contribution in [2.75, 3.05) is 25.6 Å². The van der Waals surface area contributed by atoms with Crippen LogP contribution in [0.2, 0.25) is 0 Å². The lowest BCUT2D eigenvalue weighted by Gasteiger charge is -2.32. The number of piperidine rings is 1. The van der Waals surface area contributed by atoms with Crippen LogP contribution in [-0.2, 0) is 4.74 Å². The lowest BCUT2D eigenvalue weighted by atomic mass is 10.1. The minimum Gasteiger partial charge on any atom is -0.377 e. The first-order valence-electron chi connectivity index (χ1n) is 6.71. The number of likely N-dealkylation sites (tertiary alicyclic amines) is 1. The van der Waals surface area contributed by atoms with Crippen LogP contribution >= 0.6 is 11.6 Å². The number of ether oxygens (including phenoxy) is 1. The number of carbonyl (C=O) groups is 1. The summed E-state index contributed by atoms with van der Waals surface area (Å²) >= 11 is 5.59. The van der Waals surface area contributed by atoms with E-state index in [1.807, 2.05) is 11.0 Å². The van der Waals surface area contributed by atoms with Gasteiger partial charge in [-0.2, -0.15) is 5.26 Å². The van der Waals surface area contributed by atoms with Crippen LogP contribution in [0.5, 0.6) is 0 Å². The van der Waals surface area contributed by atoms with E-state index in [-0.39, 0.29) is 12.0 Å². The van der Waals surface area contributed by atoms with Gasteiger partial charge in [-0.25, -0.2) is 0 Å². The SMILES string of the molecule is N#Cc1ccc(C(=O)N2CCC(OCCCl)CC2)cc1. The molecule has 4 nitrogen and oxygen atoms in total. The number of rotatable bonds is 4. The molecule has 1 fully saturated rings. The third-order valence-corrected chi connectivity index (χ3v) is 3.58. The summed E-state index contributed by atoms with van der Waals surface area (Å²) in [4.78, 5) is 14.1. The Morgan fingerprint density at radius 1 is 1.35 bits per heavy atom. The molecule has 0 spiro atoms. The van der Waals surface area contributed by atoms with Crippen molar-refractivity contribution in [2.24, 2.45) is 0 Å². The molecule has 1 amide bonds. The number of hydrogen-bond donors (Lipinski definition) is 0. The number of amides is 1. The average molecular weight is 293 g/mol. The molecular formula is C15H17ClN2O2. The van der Waals surface area contributed by atoms with Crippen LogP contribution in [0.4, 0.5) is 0 Å². The molecule has 0 atom stereocenters. The normalized spacial score (nSPS) is 15.9. The zero-order valence-corrected chi connectivity index (χ0v) is 12.0. The second-order valence-electron chi connectivity index (χ2n) is 4.74. The van der Waals surface area contributed by atoms with Gasteiger partial charge in [-0.15, -0.1) is 11.6 Å². The van der Waals surface area contributed by atoms with Gasteiger partial charge in [0.05, 0.1) is 24.3 Å². The monoisotopic (exact) mass is 292 g/mol. The summed E-state index contributed by atoms with van der Waals surface area (Å²) in [5.74, 6) is 0.523. The first-order chi connectivity index (χ1) is 9.74. The van der Waals surface area contributed by atoms with Gasteiger partial charge in [0.25, 0.3) is 5.91 Å². The Bertz CT molecular complexity index is 488. The van der Waals surface area contributed by atoms with Crippen LogP contribution in [0, 0.1) is 11.3 Å². The second-order valence-corrected chi connectivity index (χ2v) is 5.12. The average Bonchev–Trinajstić information content (AvgIpc) is 2.53. The third kappa shape index (κ3) is 3.72. The predicted molar refractivity (Wildman–Crippen MR) is 76.8 cm³/mol. The van der Waals surface area contributed by atoms with E-state index in [0.717, 1.165) is 12.8 Å². The summed E-state index contributed by atoms with van der Waals surface area (Å²) in [5, 5.41) is 8.75. The van der Waals surface area contributed by atoms with Crippen LogP contribution in [-0.4, -0.2) is 42.5 Å². The number of alkyl halides is 1. The number of halogens is 1. The number of nitrogens with zero attached hydrogens (tertiary/aromatic N) is 2. The van der Waals surface area contributed by atoms with E-state index in [9.17, 15) is 4.79 Å². The van der Waals surface area contributed by atoms with E-state index in [0.29, 0.717) is 36.7 Å². The van der Waals surface area contributed by atoms with Crippen molar-refractivity contribution in [3.8, 4) is 6.07 Å². The van der Waals surface area contributed by atoms with E-state index in [1.54, 1.807) is 24.3 Å². The Labute approximate surface area is 123 Å². The van der Waals surface area contributed by atoms with Crippen LogP contribution in [0.1, 0.15) is 28.8 Å². The fraction of sp³-hybridized carbons (Fsp3) is 0.467. The zero-order chi connectivity index (χ0) is 14.4. The van der Waals surface area contributed by atoms with Gasteiger partial charge in [-0.05, 0) is 37.1 Å². The van der Waals surface area contributed by atoms with Gasteiger partial charge in [0.1, 0.15) is 0 Å². The minimum absolute atomic E-state index is 0.0188. The molecule has 1 aliphatic rings. The molecule has 0 radical (unpaired) electrons. The molecule has 1 saturated heterocycles. The van der Waals surface area contributed by atoms with E-state index in [4.69, 9.17) is 21.6 Å². The van der Waals surface area contributed by atoms with Crippen molar-refractivity contribution >= 4 is 17.5 Å². The van der Waals surface area contributed by atoms with Gasteiger partial charge < -0.3 is 9.64 Å². The predicted octanol–water partition coefficient (Wildman–Crippen LogP) is 2.42. The first-order valence-corrected chi connectivity index (χ1v) is 7.25. The Kier molecular flexibility index (Phi) is 5.40. The van der Waals surface area contributed by atoms with Crippen LogP contribution in [0.15, 0.2) is 24.3 Å². The van der Waals surface area contributed by atoms with E-state index in [2.05, 4.69) is 0 Å². The topological polar surface area (TPSA) is 53.3 Å². The molecule has 0 saturated carbocycles. The van der Waals surface area contributed by atoms with Gasteiger partial charge in [0, 0.05) is 24.5 Å². The molecule has 0 N–H and O–H groups in total. The van der Waals surface area contributed by atoms with Crippen LogP contribution in [0.3, 0.4) is 0 Å². The molecular weight excluding hydrogens is 276 g/mol. The molecule has 1 heterocycles. The number of hydrogen-bond acceptors (Lipinski definition) is 3. The summed E-state index contributed by atoms with van der Waals surface area (Å²) in [5.41, 5.74) is 1.19. The third-order valence-electron chi connectivity index (χ3n) is 3.42. The van der Waals surface area contributed by atoms with Crippen molar-refractivity contribution in [1.82, 2.24) is 4.90 Å². The van der Waals surface area contributed by atoms with Crippen molar-refractivity contribution in [1.29, 1.82) is 5.26 Å². The second kappa shape index (κ2) is 7.28. The molecule has 5 heteroatoms. The van der Waals surface area contributed by atoms with E-state index < -0.39 is 0 Å². The standard InChI is InChI=1S/C15H17ClN2O2/c16-7-10-20-14-5-8-18(9-6-14)15(19)13-3-1-12(11-17)2-4-13/h1-4,14H,5-10H2. The summed E-state index contributed by atoms with van der Waals surface area (Å²) in [6, 6.07) is 8.80. The Balaban J connectivity index is 1.89. The summed E-state index contributed by atoms with van der Waals surface area (Å²) in [6.07, 6.45) is 1.90. The Hall–Kier alpha value is -1.57. The highest BCUT2D eigenvalue weighted by Gasteiger charge is 2.23. The van der Waals surface area contributed by atoms with Gasteiger partial charge in [-0.3, -0.25) is 4.79 Å². The highest BCUT2D eigenvalue weighted by molar-refractivity contribution is 6.17. The van der Waals surface area contributed by atoms with Crippen molar-refractivity contribution in [3.05, 3.63) is 35.4 Å². The lowest BCUT2D eigenvalue weighted by molar-refractivity contribution is 0.0154. The zero-order valence-electron chi connectivity index (χ0n) is 11.2. The number of nitriles is 1. The maximum Gasteiger partial charge on any atom is 0.253 e. The quantitative estimate of drug-likeness (QED) is 0.801. The van der Waals surface area contributed by atoms with Gasteiger partial charge in [-0.1, -0.05) is 0 Å². The highest BCUT2D eigenvalue weighted by atomic mass is 35.5. The van der Waals surface area contributed by atoms with Gasteiger partial charge in [0.15, 0.2) is 0 Å². The first kappa shape index (κ1) is 14.8. The van der Waals surface area contributed by atoms with E-state index in [1.165, 1.54) is 0 Å². The fourth-order valence-corrected chi connectivity index (χ4v) is 2.40. The van der Waals surface area contributed by atoms with Crippen molar-refractivity contribution in [3.63, 3.8) is 0 Å². The molecule has 1 aliphatic heterocycles. The smallest absolute Gasteiger partial charge is 0.253 e. The lowest BCUT2D eigenvalue weighted by Crippen LogP contribution is -2.41. The Morgan fingerprint density at radius 3 is 2.55 bits per heavy atom. The largest absolute Gasteiger partial charge is 0.377 e. The molecule has 1 aromatic rings. The molecule has 0 aliphatic carbocycles. The molecule has 1 aromatic carbocycles. The fourth-order valence-electron chi connectivity index (χ4n) is 2.31. The molecule has 0 unspecified atom stereocenters.